The third kappa shape index (κ3) is 1.90. The van der Waals surface area contributed by atoms with Gasteiger partial charge in [0.1, 0.15) is 0 Å². The van der Waals surface area contributed by atoms with Crippen molar-refractivity contribution in [3.63, 3.8) is 0 Å². The summed E-state index contributed by atoms with van der Waals surface area (Å²) in [4.78, 5) is 0. The van der Waals surface area contributed by atoms with Gasteiger partial charge in [0.05, 0.1) is 0 Å². The normalized spacial score (nSPS) is 32.3. The molecule has 1 aromatic rings. The largest absolute Gasteiger partial charge is 0.271 e. The fraction of sp³-hybridized carbons (Fsp3) is 0.600. The van der Waals surface area contributed by atoms with Crippen LogP contribution in [0, 0.1) is 31.6 Å². The Morgan fingerprint density at radius 3 is 2.53 bits per heavy atom. The van der Waals surface area contributed by atoms with Gasteiger partial charge >= 0.3 is 0 Å². The van der Waals surface area contributed by atoms with Gasteiger partial charge in [-0.1, -0.05) is 18.2 Å². The van der Waals surface area contributed by atoms with E-state index in [1.54, 1.807) is 0 Å². The van der Waals surface area contributed by atoms with E-state index in [1.165, 1.54) is 36.0 Å². The molecule has 0 spiro atoms. The Labute approximate surface area is 104 Å². The molecule has 0 amide bonds. The maximum absolute atomic E-state index is 5.81. The number of rotatable bonds is 3. The molecular weight excluding hydrogens is 208 g/mol. The molecule has 0 saturated heterocycles. The molecule has 92 valence electrons. The van der Waals surface area contributed by atoms with Crippen LogP contribution >= 0.6 is 0 Å². The smallest absolute Gasteiger partial charge is 0.0491 e. The summed E-state index contributed by atoms with van der Waals surface area (Å²) in [6.45, 7) is 4.39. The highest BCUT2D eigenvalue weighted by molar-refractivity contribution is 5.36. The molecule has 1 aromatic carbocycles. The van der Waals surface area contributed by atoms with Crippen molar-refractivity contribution in [3.05, 3.63) is 34.9 Å². The maximum Gasteiger partial charge on any atom is 0.0491 e. The molecule has 2 fully saturated rings. The van der Waals surface area contributed by atoms with Crippen molar-refractivity contribution in [1.29, 1.82) is 0 Å². The lowest BCUT2D eigenvalue weighted by atomic mass is 9.86. The third-order valence-corrected chi connectivity index (χ3v) is 4.91. The van der Waals surface area contributed by atoms with E-state index in [0.717, 1.165) is 17.8 Å². The number of hydrogen-bond acceptors (Lipinski definition) is 2. The lowest BCUT2D eigenvalue weighted by Crippen LogP contribution is -2.33. The van der Waals surface area contributed by atoms with Gasteiger partial charge < -0.3 is 0 Å². The van der Waals surface area contributed by atoms with Gasteiger partial charge in [-0.2, -0.15) is 0 Å². The minimum atomic E-state index is 0.350. The summed E-state index contributed by atoms with van der Waals surface area (Å²) in [6.07, 6.45) is 4.21. The molecule has 2 nitrogen and oxygen atoms in total. The van der Waals surface area contributed by atoms with Crippen LogP contribution in [0.4, 0.5) is 0 Å². The standard InChI is InChI=1S/C15H22N2/c1-9-4-3-5-14(10(9)2)15(17-16)13-7-11-6-12(11)8-13/h3-5,11-13,15,17H,6-8,16H2,1-2H3. The van der Waals surface area contributed by atoms with E-state index in [0.29, 0.717) is 6.04 Å². The first-order valence-electron chi connectivity index (χ1n) is 6.73. The Bertz CT molecular complexity index is 417. The molecule has 0 heterocycles. The summed E-state index contributed by atoms with van der Waals surface area (Å²) in [7, 11) is 0. The molecule has 0 aliphatic heterocycles. The number of hydrogen-bond donors (Lipinski definition) is 2. The molecule has 3 rings (SSSR count). The number of fused-ring (bicyclic) bond motifs is 1. The predicted molar refractivity (Wildman–Crippen MR) is 70.3 cm³/mol. The van der Waals surface area contributed by atoms with E-state index < -0.39 is 0 Å². The monoisotopic (exact) mass is 230 g/mol. The molecule has 2 aliphatic rings. The molecule has 0 radical (unpaired) electrons. The average molecular weight is 230 g/mol. The summed E-state index contributed by atoms with van der Waals surface area (Å²) in [5.74, 6) is 8.58. The Balaban J connectivity index is 1.86. The van der Waals surface area contributed by atoms with Gasteiger partial charge in [-0.15, -0.1) is 0 Å². The zero-order chi connectivity index (χ0) is 12.0. The highest BCUT2D eigenvalue weighted by Crippen LogP contribution is 2.57. The quantitative estimate of drug-likeness (QED) is 0.619. The first-order chi connectivity index (χ1) is 8.20. The Kier molecular flexibility index (Phi) is 2.72. The summed E-state index contributed by atoms with van der Waals surface area (Å²) in [5.41, 5.74) is 7.24. The lowest BCUT2D eigenvalue weighted by Gasteiger charge is -2.26. The second kappa shape index (κ2) is 4.11. The second-order valence-electron chi connectivity index (χ2n) is 5.92. The number of nitrogens with two attached hydrogens (primary N) is 1. The average Bonchev–Trinajstić information content (AvgIpc) is 2.93. The molecule has 3 unspecified atom stereocenters. The van der Waals surface area contributed by atoms with Crippen LogP contribution in [0.1, 0.15) is 42.0 Å². The highest BCUT2D eigenvalue weighted by atomic mass is 15.2. The van der Waals surface area contributed by atoms with E-state index in [2.05, 4.69) is 37.5 Å². The Morgan fingerprint density at radius 2 is 1.88 bits per heavy atom. The number of benzene rings is 1. The lowest BCUT2D eigenvalue weighted by molar-refractivity contribution is 0.344. The van der Waals surface area contributed by atoms with Crippen molar-refractivity contribution >= 4 is 0 Å². The highest BCUT2D eigenvalue weighted by Gasteiger charge is 2.48. The molecule has 2 saturated carbocycles. The van der Waals surface area contributed by atoms with Crippen LogP contribution in [0.5, 0.6) is 0 Å². The van der Waals surface area contributed by atoms with Crippen molar-refractivity contribution in [3.8, 4) is 0 Å². The summed E-state index contributed by atoms with van der Waals surface area (Å²) in [5, 5.41) is 0. The van der Waals surface area contributed by atoms with Gasteiger partial charge in [-0.05, 0) is 67.6 Å². The fourth-order valence-electron chi connectivity index (χ4n) is 3.62. The second-order valence-corrected chi connectivity index (χ2v) is 5.92. The number of aryl methyl sites for hydroxylation is 1. The van der Waals surface area contributed by atoms with Gasteiger partial charge in [-0.3, -0.25) is 11.3 Å². The van der Waals surface area contributed by atoms with Gasteiger partial charge in [0.25, 0.3) is 0 Å². The zero-order valence-electron chi connectivity index (χ0n) is 10.7. The van der Waals surface area contributed by atoms with E-state index in [1.807, 2.05) is 0 Å². The molecule has 0 bridgehead atoms. The zero-order valence-corrected chi connectivity index (χ0v) is 10.7. The van der Waals surface area contributed by atoms with Crippen molar-refractivity contribution in [2.75, 3.05) is 0 Å². The van der Waals surface area contributed by atoms with Crippen molar-refractivity contribution < 1.29 is 0 Å². The molecule has 3 N–H and O–H groups in total. The summed E-state index contributed by atoms with van der Waals surface area (Å²) in [6, 6.07) is 6.91. The van der Waals surface area contributed by atoms with Gasteiger partial charge in [-0.25, -0.2) is 0 Å². The molecule has 3 atom stereocenters. The van der Waals surface area contributed by atoms with Gasteiger partial charge in [0, 0.05) is 6.04 Å². The van der Waals surface area contributed by atoms with Crippen LogP contribution in [0.3, 0.4) is 0 Å². The minimum Gasteiger partial charge on any atom is -0.271 e. The number of nitrogens with one attached hydrogen (secondary N) is 1. The van der Waals surface area contributed by atoms with Crippen molar-refractivity contribution in [2.45, 2.75) is 39.2 Å². The van der Waals surface area contributed by atoms with Crippen molar-refractivity contribution in [2.24, 2.45) is 23.6 Å². The first-order valence-corrected chi connectivity index (χ1v) is 6.73. The third-order valence-electron chi connectivity index (χ3n) is 4.91. The summed E-state index contributed by atoms with van der Waals surface area (Å²) < 4.78 is 0. The fourth-order valence-corrected chi connectivity index (χ4v) is 3.62. The summed E-state index contributed by atoms with van der Waals surface area (Å²) >= 11 is 0. The maximum atomic E-state index is 5.81. The Hall–Kier alpha value is -0.860. The van der Waals surface area contributed by atoms with Gasteiger partial charge in [0.2, 0.25) is 0 Å². The first kappa shape index (κ1) is 11.2. The van der Waals surface area contributed by atoms with E-state index >= 15 is 0 Å². The van der Waals surface area contributed by atoms with Crippen LogP contribution in [0.2, 0.25) is 0 Å². The topological polar surface area (TPSA) is 38.0 Å². The van der Waals surface area contributed by atoms with E-state index in [9.17, 15) is 0 Å². The SMILES string of the molecule is Cc1cccc(C(NN)C2CC3CC3C2)c1C. The van der Waals surface area contributed by atoms with E-state index in [-0.39, 0.29) is 0 Å². The van der Waals surface area contributed by atoms with Crippen LogP contribution in [-0.4, -0.2) is 0 Å². The molecule has 17 heavy (non-hydrogen) atoms. The minimum absolute atomic E-state index is 0.350. The van der Waals surface area contributed by atoms with Crippen molar-refractivity contribution in [1.82, 2.24) is 5.43 Å². The predicted octanol–water partition coefficient (Wildman–Crippen LogP) is 2.85. The van der Waals surface area contributed by atoms with Gasteiger partial charge in [0.15, 0.2) is 0 Å². The Morgan fingerprint density at radius 1 is 1.18 bits per heavy atom. The molecule has 2 heteroatoms. The molecule has 0 aromatic heterocycles. The van der Waals surface area contributed by atoms with Crippen LogP contribution in [-0.2, 0) is 0 Å². The van der Waals surface area contributed by atoms with Crippen LogP contribution in [0.15, 0.2) is 18.2 Å². The molecular formula is C15H22N2. The van der Waals surface area contributed by atoms with Crippen LogP contribution < -0.4 is 11.3 Å². The van der Waals surface area contributed by atoms with Crippen LogP contribution in [0.25, 0.3) is 0 Å². The number of hydrazine groups is 1. The van der Waals surface area contributed by atoms with E-state index in [4.69, 9.17) is 5.84 Å². The molecule has 2 aliphatic carbocycles.